The van der Waals surface area contributed by atoms with E-state index >= 15 is 0 Å². The van der Waals surface area contributed by atoms with Gasteiger partial charge in [0, 0.05) is 0 Å². The number of hydrogen-bond acceptors (Lipinski definition) is 0. The molecule has 0 aliphatic heterocycles. The van der Waals surface area contributed by atoms with Gasteiger partial charge in [-0.25, -0.2) is 0 Å². The molecule has 232 valence electrons. The third kappa shape index (κ3) is 23.8. The SMILES string of the molecule is CCCCCCCCCCCCP(I)(CCCCCCCC)(CCCCCCCC)CCCCCCCC. The molecule has 0 unspecified atom stereocenters. The molecular formula is C36H76IP. The van der Waals surface area contributed by atoms with Gasteiger partial charge in [-0.3, -0.25) is 0 Å². The summed E-state index contributed by atoms with van der Waals surface area (Å²) in [5.74, 6) is 0. The fraction of sp³-hybridized carbons (Fsp3) is 1.00. The number of unbranched alkanes of at least 4 members (excludes halogenated alkanes) is 24. The van der Waals surface area contributed by atoms with Crippen molar-refractivity contribution in [3.63, 3.8) is 0 Å². The third-order valence-electron chi connectivity index (χ3n) is 9.28. The van der Waals surface area contributed by atoms with Crippen LogP contribution in [-0.4, -0.2) is 24.6 Å². The average Bonchev–Trinajstić information content (AvgIpc) is 2.92. The summed E-state index contributed by atoms with van der Waals surface area (Å²) in [5.41, 5.74) is 0. The summed E-state index contributed by atoms with van der Waals surface area (Å²) >= 11 is 3.23. The normalized spacial score (nSPS) is 13.1. The average molecular weight is 667 g/mol. The van der Waals surface area contributed by atoms with Crippen LogP contribution in [0.1, 0.15) is 207 Å². The molecule has 0 bridgehead atoms. The van der Waals surface area contributed by atoms with Crippen molar-refractivity contribution < 1.29 is 0 Å². The van der Waals surface area contributed by atoms with E-state index in [0.717, 1.165) is 0 Å². The summed E-state index contributed by atoms with van der Waals surface area (Å²) in [4.78, 5) is 0. The first-order valence-corrected chi connectivity index (χ1v) is 24.0. The fourth-order valence-electron chi connectivity index (χ4n) is 6.53. The monoisotopic (exact) mass is 666 g/mol. The Bertz CT molecular complexity index is 419. The van der Waals surface area contributed by atoms with Gasteiger partial charge in [0.2, 0.25) is 0 Å². The van der Waals surface area contributed by atoms with Gasteiger partial charge in [-0.1, -0.05) is 0 Å². The molecule has 0 spiro atoms. The quantitative estimate of drug-likeness (QED) is 0.0381. The maximum atomic E-state index is 3.23. The Hall–Kier alpha value is 1.16. The number of halogens is 1. The van der Waals surface area contributed by atoms with Gasteiger partial charge < -0.3 is 0 Å². The minimum atomic E-state index is -1.62. The van der Waals surface area contributed by atoms with Crippen molar-refractivity contribution in [3.05, 3.63) is 0 Å². The van der Waals surface area contributed by atoms with E-state index < -0.39 is 4.25 Å². The number of rotatable bonds is 32. The van der Waals surface area contributed by atoms with Crippen molar-refractivity contribution in [2.24, 2.45) is 0 Å². The molecule has 0 aromatic heterocycles. The molecule has 0 atom stereocenters. The molecule has 38 heavy (non-hydrogen) atoms. The summed E-state index contributed by atoms with van der Waals surface area (Å²) in [6.07, 6.45) is 47.8. The van der Waals surface area contributed by atoms with E-state index in [-0.39, 0.29) is 0 Å². The van der Waals surface area contributed by atoms with Crippen LogP contribution in [0, 0.1) is 0 Å². The topological polar surface area (TPSA) is 0 Å². The fourth-order valence-corrected chi connectivity index (χ4v) is 16.0. The van der Waals surface area contributed by atoms with E-state index in [2.05, 4.69) is 49.7 Å². The Labute approximate surface area is 257 Å². The van der Waals surface area contributed by atoms with Crippen molar-refractivity contribution in [2.45, 2.75) is 207 Å². The van der Waals surface area contributed by atoms with Crippen LogP contribution >= 0.6 is 26.3 Å². The van der Waals surface area contributed by atoms with Gasteiger partial charge in [-0.15, -0.1) is 0 Å². The van der Waals surface area contributed by atoms with Crippen LogP contribution < -0.4 is 0 Å². The van der Waals surface area contributed by atoms with Crippen LogP contribution in [0.3, 0.4) is 0 Å². The van der Waals surface area contributed by atoms with Crippen LogP contribution in [0.2, 0.25) is 0 Å². The summed E-state index contributed by atoms with van der Waals surface area (Å²) in [6, 6.07) is 0. The van der Waals surface area contributed by atoms with Crippen molar-refractivity contribution in [1.29, 1.82) is 0 Å². The van der Waals surface area contributed by atoms with Gasteiger partial charge in [0.1, 0.15) is 0 Å². The molecule has 0 nitrogen and oxygen atoms in total. The summed E-state index contributed by atoms with van der Waals surface area (Å²) in [6.45, 7) is 9.38. The van der Waals surface area contributed by atoms with Crippen molar-refractivity contribution in [1.82, 2.24) is 0 Å². The molecule has 0 N–H and O–H groups in total. The zero-order valence-corrected chi connectivity index (χ0v) is 30.5. The van der Waals surface area contributed by atoms with E-state index in [4.69, 9.17) is 0 Å². The molecule has 0 fully saturated rings. The van der Waals surface area contributed by atoms with Gasteiger partial charge in [0.25, 0.3) is 0 Å². The second-order valence-electron chi connectivity index (χ2n) is 13.2. The Morgan fingerprint density at radius 2 is 0.421 bits per heavy atom. The summed E-state index contributed by atoms with van der Waals surface area (Å²) in [5, 5.41) is 0. The second kappa shape index (κ2) is 28.3. The Morgan fingerprint density at radius 3 is 0.605 bits per heavy atom. The Kier molecular flexibility index (Phi) is 29.2. The zero-order chi connectivity index (χ0) is 28.1. The molecule has 0 aliphatic rings. The van der Waals surface area contributed by atoms with Gasteiger partial charge in [-0.05, 0) is 0 Å². The Balaban J connectivity index is 4.92. The van der Waals surface area contributed by atoms with Crippen LogP contribution in [0.25, 0.3) is 0 Å². The first-order chi connectivity index (χ1) is 18.5. The molecular weight excluding hydrogens is 590 g/mol. The van der Waals surface area contributed by atoms with E-state index in [1.165, 1.54) is 180 Å². The van der Waals surface area contributed by atoms with Crippen LogP contribution in [0.4, 0.5) is 0 Å². The van der Waals surface area contributed by atoms with Gasteiger partial charge >= 0.3 is 258 Å². The van der Waals surface area contributed by atoms with Gasteiger partial charge in [0.15, 0.2) is 0 Å². The van der Waals surface area contributed by atoms with Crippen molar-refractivity contribution >= 4 is 26.3 Å². The molecule has 0 amide bonds. The van der Waals surface area contributed by atoms with E-state index in [0.29, 0.717) is 0 Å². The molecule has 0 radical (unpaired) electrons. The third-order valence-corrected chi connectivity index (χ3v) is 20.8. The summed E-state index contributed by atoms with van der Waals surface area (Å²) < 4.78 is -1.62. The van der Waals surface area contributed by atoms with Gasteiger partial charge in [0.05, 0.1) is 0 Å². The molecule has 2 heteroatoms. The molecule has 0 saturated heterocycles. The molecule has 0 aromatic carbocycles. The molecule has 0 saturated carbocycles. The predicted molar refractivity (Wildman–Crippen MR) is 192 cm³/mol. The zero-order valence-electron chi connectivity index (χ0n) is 27.5. The van der Waals surface area contributed by atoms with E-state index in [1.54, 1.807) is 24.6 Å². The van der Waals surface area contributed by atoms with E-state index in [1.807, 2.05) is 0 Å². The first-order valence-electron chi connectivity index (χ1n) is 18.3. The maximum absolute atomic E-state index is 3.23. The van der Waals surface area contributed by atoms with Crippen molar-refractivity contribution in [2.75, 3.05) is 24.6 Å². The van der Waals surface area contributed by atoms with Crippen LogP contribution in [0.15, 0.2) is 0 Å². The van der Waals surface area contributed by atoms with Crippen LogP contribution in [-0.2, 0) is 0 Å². The molecule has 0 aliphatic carbocycles. The van der Waals surface area contributed by atoms with E-state index in [9.17, 15) is 0 Å². The molecule has 0 aromatic rings. The Morgan fingerprint density at radius 1 is 0.263 bits per heavy atom. The standard InChI is InChI=1S/C36H76IP/c1-5-9-13-17-21-22-23-24-28-32-36-38(37,33-29-25-18-14-10-6-2,34-30-26-19-15-11-7-3)35-31-27-20-16-12-8-4/h5-36H2,1-4H3. The van der Waals surface area contributed by atoms with Crippen molar-refractivity contribution in [3.8, 4) is 0 Å². The second-order valence-corrected chi connectivity index (χ2v) is 26.8. The number of hydrogen-bond donors (Lipinski definition) is 0. The molecule has 0 heterocycles. The van der Waals surface area contributed by atoms with Gasteiger partial charge in [-0.2, -0.15) is 0 Å². The van der Waals surface area contributed by atoms with Crippen LogP contribution in [0.5, 0.6) is 0 Å². The summed E-state index contributed by atoms with van der Waals surface area (Å²) in [7, 11) is 0. The molecule has 0 rings (SSSR count). The predicted octanol–water partition coefficient (Wildman–Crippen LogP) is 14.9. The first kappa shape index (κ1) is 39.2. The minimum absolute atomic E-state index is 1.37.